The van der Waals surface area contributed by atoms with E-state index < -0.39 is 34.7 Å². The van der Waals surface area contributed by atoms with Crippen LogP contribution < -0.4 is 9.64 Å². The smallest absolute Gasteiger partial charge is 0.257 e. The second kappa shape index (κ2) is 8.48. The van der Waals surface area contributed by atoms with Crippen molar-refractivity contribution < 1.29 is 22.7 Å². The quantitative estimate of drug-likeness (QED) is 0.574. The molecule has 0 atom stereocenters. The van der Waals surface area contributed by atoms with Crippen LogP contribution in [0.2, 0.25) is 0 Å². The van der Waals surface area contributed by atoms with E-state index in [1.54, 1.807) is 6.33 Å². The standard InChI is InChI=1S/C21H21F3N6O2/c1-12-13(2)30(11-27-12)17-9-16(25-10-26-17)28-4-6-29(7-5-28)21(31)14-8-15(22)19(24)20(32-3)18(14)23/h8-11H,4-7H2,1-3H3. The highest BCUT2D eigenvalue weighted by molar-refractivity contribution is 5.95. The first-order valence-electron chi connectivity index (χ1n) is 9.90. The number of ether oxygens (including phenoxy) is 1. The van der Waals surface area contributed by atoms with Crippen LogP contribution in [0.25, 0.3) is 5.82 Å². The van der Waals surface area contributed by atoms with Gasteiger partial charge in [-0.15, -0.1) is 0 Å². The predicted octanol–water partition coefficient (Wildman–Crippen LogP) is 2.67. The fraction of sp³-hybridized carbons (Fsp3) is 0.333. The van der Waals surface area contributed by atoms with Gasteiger partial charge in [0.1, 0.15) is 24.3 Å². The van der Waals surface area contributed by atoms with Crippen LogP contribution in [-0.2, 0) is 0 Å². The summed E-state index contributed by atoms with van der Waals surface area (Å²) in [5, 5.41) is 0. The van der Waals surface area contributed by atoms with E-state index in [0.717, 1.165) is 18.5 Å². The number of aryl methyl sites for hydroxylation is 1. The molecule has 168 valence electrons. The molecule has 0 N–H and O–H groups in total. The highest BCUT2D eigenvalue weighted by atomic mass is 19.2. The van der Waals surface area contributed by atoms with Crippen molar-refractivity contribution in [1.29, 1.82) is 0 Å². The van der Waals surface area contributed by atoms with Crippen molar-refractivity contribution in [2.24, 2.45) is 0 Å². The number of nitrogens with zero attached hydrogens (tertiary/aromatic N) is 6. The molecule has 0 spiro atoms. The molecule has 11 heteroatoms. The second-order valence-electron chi connectivity index (χ2n) is 7.37. The summed E-state index contributed by atoms with van der Waals surface area (Å²) >= 11 is 0. The average Bonchev–Trinajstić information content (AvgIpc) is 3.14. The van der Waals surface area contributed by atoms with Gasteiger partial charge in [0.25, 0.3) is 5.91 Å². The molecule has 1 aromatic carbocycles. The summed E-state index contributed by atoms with van der Waals surface area (Å²) in [5.74, 6) is -4.32. The van der Waals surface area contributed by atoms with Gasteiger partial charge in [-0.3, -0.25) is 9.36 Å². The summed E-state index contributed by atoms with van der Waals surface area (Å²) in [6.07, 6.45) is 3.15. The van der Waals surface area contributed by atoms with E-state index >= 15 is 0 Å². The number of anilines is 1. The van der Waals surface area contributed by atoms with E-state index in [2.05, 4.69) is 19.7 Å². The molecule has 0 unspecified atom stereocenters. The SMILES string of the molecule is COc1c(F)c(F)cc(C(=O)N2CCN(c3cc(-n4cnc(C)c4C)ncn3)CC2)c1F. The number of rotatable bonds is 4. The van der Waals surface area contributed by atoms with Crippen molar-refractivity contribution in [3.63, 3.8) is 0 Å². The topological polar surface area (TPSA) is 76.4 Å². The third kappa shape index (κ3) is 3.74. The van der Waals surface area contributed by atoms with Gasteiger partial charge in [0.2, 0.25) is 5.82 Å². The molecule has 0 bridgehead atoms. The number of methoxy groups -OCH3 is 1. The number of hydrogen-bond acceptors (Lipinski definition) is 6. The van der Waals surface area contributed by atoms with Crippen LogP contribution in [0.1, 0.15) is 21.7 Å². The van der Waals surface area contributed by atoms with E-state index in [4.69, 9.17) is 0 Å². The number of imidazole rings is 1. The molecule has 2 aromatic heterocycles. The van der Waals surface area contributed by atoms with E-state index in [1.807, 2.05) is 29.4 Å². The summed E-state index contributed by atoms with van der Waals surface area (Å²) in [5.41, 5.74) is 1.30. The largest absolute Gasteiger partial charge is 0.491 e. The van der Waals surface area contributed by atoms with Crippen molar-refractivity contribution in [3.05, 3.63) is 59.2 Å². The minimum Gasteiger partial charge on any atom is -0.491 e. The van der Waals surface area contributed by atoms with Crippen LogP contribution >= 0.6 is 0 Å². The molecule has 3 heterocycles. The Bertz CT molecular complexity index is 1170. The monoisotopic (exact) mass is 446 g/mol. The van der Waals surface area contributed by atoms with Gasteiger partial charge in [-0.25, -0.2) is 23.7 Å². The average molecular weight is 446 g/mol. The molecule has 1 fully saturated rings. The molecule has 0 aliphatic carbocycles. The molecule has 32 heavy (non-hydrogen) atoms. The van der Waals surface area contributed by atoms with Crippen LogP contribution in [0, 0.1) is 31.3 Å². The fourth-order valence-corrected chi connectivity index (χ4v) is 3.60. The van der Waals surface area contributed by atoms with Crippen LogP contribution in [0.4, 0.5) is 19.0 Å². The van der Waals surface area contributed by atoms with Crippen molar-refractivity contribution >= 4 is 11.7 Å². The zero-order valence-electron chi connectivity index (χ0n) is 17.8. The van der Waals surface area contributed by atoms with Gasteiger partial charge in [-0.05, 0) is 19.9 Å². The normalized spacial score (nSPS) is 14.1. The number of halogens is 3. The Morgan fingerprint density at radius 2 is 1.66 bits per heavy atom. The van der Waals surface area contributed by atoms with Gasteiger partial charge >= 0.3 is 0 Å². The highest BCUT2D eigenvalue weighted by Crippen LogP contribution is 2.28. The molecule has 8 nitrogen and oxygen atoms in total. The van der Waals surface area contributed by atoms with Crippen molar-refractivity contribution in [2.75, 3.05) is 38.2 Å². The maximum atomic E-state index is 14.5. The maximum absolute atomic E-state index is 14.5. The highest BCUT2D eigenvalue weighted by Gasteiger charge is 2.29. The van der Waals surface area contributed by atoms with Crippen molar-refractivity contribution in [3.8, 4) is 11.6 Å². The lowest BCUT2D eigenvalue weighted by molar-refractivity contribution is 0.0740. The van der Waals surface area contributed by atoms with Gasteiger partial charge in [0.15, 0.2) is 17.4 Å². The van der Waals surface area contributed by atoms with Crippen molar-refractivity contribution in [1.82, 2.24) is 24.4 Å². The Morgan fingerprint density at radius 3 is 2.28 bits per heavy atom. The molecule has 1 aliphatic heterocycles. The first kappa shape index (κ1) is 21.6. The number of carbonyl (C=O) groups is 1. The molecular formula is C21H21F3N6O2. The number of carbonyl (C=O) groups excluding carboxylic acids is 1. The molecule has 1 saturated heterocycles. The molecule has 0 radical (unpaired) electrons. The molecule has 4 rings (SSSR count). The van der Waals surface area contributed by atoms with Crippen LogP contribution in [0.3, 0.4) is 0 Å². The van der Waals surface area contributed by atoms with Gasteiger partial charge < -0.3 is 14.5 Å². The Labute approximate surface area is 182 Å². The molecular weight excluding hydrogens is 425 g/mol. The van der Waals surface area contributed by atoms with Gasteiger partial charge in [0.05, 0.1) is 18.4 Å². The van der Waals surface area contributed by atoms with Gasteiger partial charge in [0, 0.05) is 37.9 Å². The minimum absolute atomic E-state index is 0.252. The molecule has 1 aliphatic rings. The molecule has 3 aromatic rings. The summed E-state index contributed by atoms with van der Waals surface area (Å²) in [7, 11) is 1.01. The fourth-order valence-electron chi connectivity index (χ4n) is 3.60. The predicted molar refractivity (Wildman–Crippen MR) is 110 cm³/mol. The first-order valence-corrected chi connectivity index (χ1v) is 9.90. The number of benzene rings is 1. The van der Waals surface area contributed by atoms with E-state index in [9.17, 15) is 18.0 Å². The maximum Gasteiger partial charge on any atom is 0.257 e. The lowest BCUT2D eigenvalue weighted by Crippen LogP contribution is -2.49. The number of piperazine rings is 1. The van der Waals surface area contributed by atoms with Gasteiger partial charge in [-0.1, -0.05) is 0 Å². The summed E-state index contributed by atoms with van der Waals surface area (Å²) in [4.78, 5) is 29.0. The van der Waals surface area contributed by atoms with E-state index in [-0.39, 0.29) is 13.1 Å². The Balaban J connectivity index is 1.50. The van der Waals surface area contributed by atoms with Gasteiger partial charge in [-0.2, -0.15) is 4.39 Å². The second-order valence-corrected chi connectivity index (χ2v) is 7.37. The molecule has 1 amide bonds. The zero-order valence-corrected chi connectivity index (χ0v) is 17.8. The number of aromatic nitrogens is 4. The Morgan fingerprint density at radius 1 is 0.969 bits per heavy atom. The van der Waals surface area contributed by atoms with Crippen LogP contribution in [-0.4, -0.2) is 63.6 Å². The third-order valence-electron chi connectivity index (χ3n) is 5.58. The van der Waals surface area contributed by atoms with Crippen LogP contribution in [0.5, 0.6) is 5.75 Å². The Hall–Kier alpha value is -3.63. The number of amides is 1. The Kier molecular flexibility index (Phi) is 5.72. The lowest BCUT2D eigenvalue weighted by atomic mass is 10.1. The molecule has 0 saturated carbocycles. The zero-order chi connectivity index (χ0) is 23.0. The third-order valence-corrected chi connectivity index (χ3v) is 5.58. The van der Waals surface area contributed by atoms with Crippen LogP contribution in [0.15, 0.2) is 24.8 Å². The number of hydrogen-bond donors (Lipinski definition) is 0. The summed E-state index contributed by atoms with van der Waals surface area (Å²) in [6, 6.07) is 2.39. The first-order chi connectivity index (χ1) is 15.3. The minimum atomic E-state index is -1.46. The summed E-state index contributed by atoms with van der Waals surface area (Å²) in [6.45, 7) is 5.21. The van der Waals surface area contributed by atoms with Crippen molar-refractivity contribution in [2.45, 2.75) is 13.8 Å². The lowest BCUT2D eigenvalue weighted by Gasteiger charge is -2.35. The summed E-state index contributed by atoms with van der Waals surface area (Å²) < 4.78 is 48.4. The van der Waals surface area contributed by atoms with E-state index in [1.165, 1.54) is 11.2 Å². The van der Waals surface area contributed by atoms with E-state index in [0.29, 0.717) is 30.8 Å².